The Balaban J connectivity index is 1.37. The molecule has 35 heavy (non-hydrogen) atoms. The summed E-state index contributed by atoms with van der Waals surface area (Å²) in [6.07, 6.45) is 5.92. The highest BCUT2D eigenvalue weighted by atomic mass is 16.5. The Bertz CT molecular complexity index is 792. The number of piperidine rings is 1. The van der Waals surface area contributed by atoms with E-state index in [1.165, 1.54) is 19.3 Å². The van der Waals surface area contributed by atoms with Crippen molar-refractivity contribution >= 4 is 11.9 Å². The molecule has 0 radical (unpaired) electrons. The van der Waals surface area contributed by atoms with Gasteiger partial charge in [-0.05, 0) is 37.1 Å². The third-order valence-electron chi connectivity index (χ3n) is 6.44. The molecule has 0 atom stereocenters. The highest BCUT2D eigenvalue weighted by molar-refractivity contribution is 5.70. The topological polar surface area (TPSA) is 59.1 Å². The molecule has 190 valence electrons. The van der Waals surface area contributed by atoms with Crippen LogP contribution < -0.4 is 0 Å². The molecule has 3 rings (SSSR count). The van der Waals surface area contributed by atoms with E-state index in [-0.39, 0.29) is 11.9 Å². The number of ether oxygens (including phenoxy) is 2. The second-order valence-corrected chi connectivity index (χ2v) is 9.16. The molecule has 0 spiro atoms. The largest absolute Gasteiger partial charge is 0.465 e. The predicted molar refractivity (Wildman–Crippen MR) is 138 cm³/mol. The second-order valence-electron chi connectivity index (χ2n) is 9.16. The fourth-order valence-corrected chi connectivity index (χ4v) is 4.30. The van der Waals surface area contributed by atoms with Crippen molar-refractivity contribution in [3.8, 4) is 0 Å². The number of likely N-dealkylation sites (tertiary alicyclic amines) is 1. The van der Waals surface area contributed by atoms with Gasteiger partial charge < -0.3 is 19.3 Å². The van der Waals surface area contributed by atoms with E-state index in [0.717, 1.165) is 50.1 Å². The summed E-state index contributed by atoms with van der Waals surface area (Å²) in [5.41, 5.74) is 2.32. The van der Waals surface area contributed by atoms with Crippen LogP contribution in [0, 0.1) is 0 Å². The van der Waals surface area contributed by atoms with Crippen molar-refractivity contribution in [1.29, 1.82) is 0 Å². The molecule has 1 saturated heterocycles. The Kier molecular flexibility index (Phi) is 12.3. The number of rotatable bonds is 15. The molecule has 0 unspecified atom stereocenters. The van der Waals surface area contributed by atoms with Gasteiger partial charge in [-0.15, -0.1) is 0 Å². The molecule has 2 aromatic rings. The minimum Gasteiger partial charge on any atom is -0.465 e. The lowest BCUT2D eigenvalue weighted by molar-refractivity contribution is -0.144. The van der Waals surface area contributed by atoms with E-state index in [9.17, 15) is 9.59 Å². The van der Waals surface area contributed by atoms with Gasteiger partial charge in [-0.2, -0.15) is 0 Å². The highest BCUT2D eigenvalue weighted by Crippen LogP contribution is 2.09. The summed E-state index contributed by atoms with van der Waals surface area (Å²) >= 11 is 0. The van der Waals surface area contributed by atoms with E-state index < -0.39 is 0 Å². The van der Waals surface area contributed by atoms with Crippen molar-refractivity contribution in [3.05, 3.63) is 71.8 Å². The smallest absolute Gasteiger partial charge is 0.307 e. The molecule has 1 aliphatic heterocycles. The fourth-order valence-electron chi connectivity index (χ4n) is 4.30. The molecule has 0 bridgehead atoms. The van der Waals surface area contributed by atoms with E-state index in [2.05, 4.69) is 9.80 Å². The van der Waals surface area contributed by atoms with Crippen molar-refractivity contribution in [1.82, 2.24) is 9.80 Å². The zero-order valence-electron chi connectivity index (χ0n) is 20.9. The first-order valence-corrected chi connectivity index (χ1v) is 13.0. The summed E-state index contributed by atoms with van der Waals surface area (Å²) in [6, 6.07) is 20.1. The van der Waals surface area contributed by atoms with Gasteiger partial charge in [-0.1, -0.05) is 67.1 Å². The first-order valence-electron chi connectivity index (χ1n) is 13.0. The summed E-state index contributed by atoms with van der Waals surface area (Å²) in [7, 11) is 0. The lowest BCUT2D eigenvalue weighted by Crippen LogP contribution is -2.39. The van der Waals surface area contributed by atoms with E-state index in [4.69, 9.17) is 9.47 Å². The van der Waals surface area contributed by atoms with Gasteiger partial charge in [-0.3, -0.25) is 9.59 Å². The van der Waals surface area contributed by atoms with Gasteiger partial charge in [0.15, 0.2) is 0 Å². The van der Waals surface area contributed by atoms with Crippen LogP contribution in [0.3, 0.4) is 0 Å². The van der Waals surface area contributed by atoms with Crippen LogP contribution in [0.5, 0.6) is 0 Å². The molecule has 0 amide bonds. The normalized spacial score (nSPS) is 14.1. The van der Waals surface area contributed by atoms with Gasteiger partial charge in [0, 0.05) is 39.0 Å². The number of esters is 2. The number of hydrogen-bond donors (Lipinski definition) is 0. The average Bonchev–Trinajstić information content (AvgIpc) is 2.90. The van der Waals surface area contributed by atoms with Crippen molar-refractivity contribution in [2.24, 2.45) is 0 Å². The standard InChI is InChI=1S/C29H40N2O4/c32-28(34-24-16-26-10-4-1-5-11-26)14-20-31(23-22-30-18-8-3-9-19-30)21-15-29(33)35-25-17-27-12-6-2-7-13-27/h1-2,4-7,10-13H,3,8-9,14-25H2. The average molecular weight is 481 g/mol. The van der Waals surface area contributed by atoms with Crippen molar-refractivity contribution in [2.45, 2.75) is 44.9 Å². The van der Waals surface area contributed by atoms with Crippen LogP contribution in [0.25, 0.3) is 0 Å². The SMILES string of the molecule is O=C(CCN(CCC(=O)OCCc1ccccc1)CCN1CCCCC1)OCCc1ccccc1. The zero-order valence-corrected chi connectivity index (χ0v) is 20.9. The third kappa shape index (κ3) is 11.5. The number of carbonyl (C=O) groups excluding carboxylic acids is 2. The Morgan fingerprint density at radius 1 is 0.686 bits per heavy atom. The van der Waals surface area contributed by atoms with Crippen LogP contribution in [0.1, 0.15) is 43.2 Å². The van der Waals surface area contributed by atoms with Gasteiger partial charge in [0.05, 0.1) is 26.1 Å². The minimum atomic E-state index is -0.186. The number of nitrogens with zero attached hydrogens (tertiary/aromatic N) is 2. The third-order valence-corrected chi connectivity index (χ3v) is 6.44. The maximum absolute atomic E-state index is 12.3. The van der Waals surface area contributed by atoms with Gasteiger partial charge >= 0.3 is 11.9 Å². The van der Waals surface area contributed by atoms with E-state index in [0.29, 0.717) is 39.1 Å². The van der Waals surface area contributed by atoms with Crippen LogP contribution in [0.4, 0.5) is 0 Å². The Hall–Kier alpha value is -2.70. The van der Waals surface area contributed by atoms with Gasteiger partial charge in [0.2, 0.25) is 0 Å². The number of carbonyl (C=O) groups is 2. The molecule has 1 fully saturated rings. The van der Waals surface area contributed by atoms with Crippen LogP contribution in [-0.2, 0) is 31.9 Å². The second kappa shape index (κ2) is 16.1. The number of benzene rings is 2. The quantitative estimate of drug-likeness (QED) is 0.357. The first kappa shape index (κ1) is 26.9. The Labute approximate surface area is 210 Å². The van der Waals surface area contributed by atoms with Crippen molar-refractivity contribution < 1.29 is 19.1 Å². The molecule has 1 heterocycles. The molecule has 1 aliphatic rings. The summed E-state index contributed by atoms with van der Waals surface area (Å²) in [5.74, 6) is -0.372. The zero-order chi connectivity index (χ0) is 24.6. The van der Waals surface area contributed by atoms with E-state index >= 15 is 0 Å². The molecule has 0 N–H and O–H groups in total. The maximum Gasteiger partial charge on any atom is 0.307 e. The summed E-state index contributed by atoms with van der Waals surface area (Å²) < 4.78 is 10.9. The van der Waals surface area contributed by atoms with Crippen LogP contribution >= 0.6 is 0 Å². The maximum atomic E-state index is 12.3. The van der Waals surface area contributed by atoms with Gasteiger partial charge in [0.1, 0.15) is 0 Å². The molecule has 2 aromatic carbocycles. The predicted octanol–water partition coefficient (Wildman–Crippen LogP) is 4.13. The molecular formula is C29H40N2O4. The minimum absolute atomic E-state index is 0.186. The highest BCUT2D eigenvalue weighted by Gasteiger charge is 2.15. The summed E-state index contributed by atoms with van der Waals surface area (Å²) in [4.78, 5) is 29.3. The molecule has 6 heteroatoms. The van der Waals surface area contributed by atoms with E-state index in [1.807, 2.05) is 60.7 Å². The lowest BCUT2D eigenvalue weighted by Gasteiger charge is -2.29. The van der Waals surface area contributed by atoms with Crippen molar-refractivity contribution in [3.63, 3.8) is 0 Å². The first-order chi connectivity index (χ1) is 17.2. The van der Waals surface area contributed by atoms with Gasteiger partial charge in [0.25, 0.3) is 0 Å². The lowest BCUT2D eigenvalue weighted by atomic mass is 10.1. The molecule has 0 aromatic heterocycles. The molecule has 0 saturated carbocycles. The molecule has 0 aliphatic carbocycles. The van der Waals surface area contributed by atoms with Crippen LogP contribution in [-0.4, -0.2) is 74.2 Å². The number of hydrogen-bond acceptors (Lipinski definition) is 6. The van der Waals surface area contributed by atoms with Crippen molar-refractivity contribution in [2.75, 3.05) is 52.5 Å². The Morgan fingerprint density at radius 2 is 1.17 bits per heavy atom. The molecular weight excluding hydrogens is 440 g/mol. The van der Waals surface area contributed by atoms with Crippen LogP contribution in [0.2, 0.25) is 0 Å². The fraction of sp³-hybridized carbons (Fsp3) is 0.517. The van der Waals surface area contributed by atoms with E-state index in [1.54, 1.807) is 0 Å². The summed E-state index contributed by atoms with van der Waals surface area (Å²) in [5, 5.41) is 0. The molecule has 6 nitrogen and oxygen atoms in total. The Morgan fingerprint density at radius 3 is 1.66 bits per heavy atom. The van der Waals surface area contributed by atoms with Crippen LogP contribution in [0.15, 0.2) is 60.7 Å². The van der Waals surface area contributed by atoms with Gasteiger partial charge in [-0.25, -0.2) is 0 Å². The summed E-state index contributed by atoms with van der Waals surface area (Å²) in [6.45, 7) is 6.05. The monoisotopic (exact) mass is 480 g/mol.